The maximum atomic E-state index is 5.44. The van der Waals surface area contributed by atoms with E-state index in [9.17, 15) is 0 Å². The Balaban J connectivity index is -0.000000270. The summed E-state index contributed by atoms with van der Waals surface area (Å²) in [6, 6.07) is 7.55. The predicted molar refractivity (Wildman–Crippen MR) is 50.8 cm³/mol. The summed E-state index contributed by atoms with van der Waals surface area (Å²) in [6.45, 7) is 0.584. The van der Waals surface area contributed by atoms with Crippen molar-refractivity contribution in [2.24, 2.45) is 5.73 Å². The largest absolute Gasteiger partial charge is 0.870 e. The van der Waals surface area contributed by atoms with Crippen LogP contribution in [0.4, 0.5) is 0 Å². The Morgan fingerprint density at radius 2 is 1.50 bits per heavy atom. The minimum Gasteiger partial charge on any atom is -0.870 e. The molecule has 66 valence electrons. The molecular weight excluding hydrogens is 176 g/mol. The third-order valence-corrected chi connectivity index (χ3v) is 1.22. The molecule has 0 radical (unpaired) electrons. The zero-order chi connectivity index (χ0) is 6.69. The van der Waals surface area contributed by atoms with Crippen molar-refractivity contribution in [3.05, 3.63) is 29.8 Å². The molecule has 12 heavy (non-hydrogen) atoms. The van der Waals surface area contributed by atoms with Gasteiger partial charge in [-0.25, -0.2) is 0 Å². The molecular formula is C7H11BClNO2. The summed E-state index contributed by atoms with van der Waals surface area (Å²) < 4.78 is 0. The van der Waals surface area contributed by atoms with Crippen molar-refractivity contribution in [3.63, 3.8) is 0 Å². The van der Waals surface area contributed by atoms with Crippen molar-refractivity contribution in [2.45, 2.75) is 6.54 Å². The first-order valence-corrected chi connectivity index (χ1v) is 2.87. The van der Waals surface area contributed by atoms with Gasteiger partial charge in [0, 0.05) is 0 Å². The van der Waals surface area contributed by atoms with Gasteiger partial charge < -0.3 is 11.0 Å². The van der Waals surface area contributed by atoms with Crippen LogP contribution in [0.2, 0.25) is 0 Å². The summed E-state index contributed by atoms with van der Waals surface area (Å²) in [6.07, 6.45) is 0. The molecule has 0 unspecified atom stereocenters. The molecule has 0 saturated carbocycles. The molecule has 0 aliphatic heterocycles. The standard InChI is InChI=1S/C7H8BN.ClH.2H2O/c8-7-3-1-6(5-9)2-4-7;;;/h1-4H,5,9H2;1H;2*1H2/q+2;;;/p-2. The molecule has 4 N–H and O–H groups in total. The molecule has 3 nitrogen and oxygen atoms in total. The quantitative estimate of drug-likeness (QED) is 0.628. The average molecular weight is 187 g/mol. The number of nitrogens with two attached hydrogens (primary N) is 1. The van der Waals surface area contributed by atoms with Crippen LogP contribution in [0, 0.1) is 0 Å². The Kier molecular flexibility index (Phi) is 12.5. The van der Waals surface area contributed by atoms with Gasteiger partial charge in [0.1, 0.15) is 0 Å². The van der Waals surface area contributed by atoms with Crippen LogP contribution in [0.15, 0.2) is 24.3 Å². The van der Waals surface area contributed by atoms with E-state index >= 15 is 0 Å². The van der Waals surface area contributed by atoms with Gasteiger partial charge in [0.25, 0.3) is 0 Å². The second kappa shape index (κ2) is 8.55. The van der Waals surface area contributed by atoms with Crippen molar-refractivity contribution < 1.29 is 11.0 Å². The van der Waals surface area contributed by atoms with Crippen molar-refractivity contribution in [1.29, 1.82) is 0 Å². The molecule has 0 amide bonds. The summed E-state index contributed by atoms with van der Waals surface area (Å²) in [4.78, 5) is 0. The van der Waals surface area contributed by atoms with Crippen LogP contribution in [0.5, 0.6) is 0 Å². The van der Waals surface area contributed by atoms with Crippen molar-refractivity contribution in [1.82, 2.24) is 0 Å². The molecule has 5 heteroatoms. The average Bonchev–Trinajstić information content (AvgIpc) is 1.90. The zero-order valence-electron chi connectivity index (χ0n) is 6.47. The Bertz CT molecular complexity index is 193. The van der Waals surface area contributed by atoms with E-state index in [0.29, 0.717) is 6.54 Å². The second-order valence-electron chi connectivity index (χ2n) is 1.95. The van der Waals surface area contributed by atoms with Crippen LogP contribution in [0.1, 0.15) is 5.56 Å². The van der Waals surface area contributed by atoms with Crippen LogP contribution in [-0.4, -0.2) is 18.8 Å². The number of hydrogen-bond donors (Lipinski definition) is 1. The van der Waals surface area contributed by atoms with E-state index in [1.54, 1.807) is 0 Å². The van der Waals surface area contributed by atoms with Gasteiger partial charge in [-0.05, 0) is 0 Å². The van der Waals surface area contributed by atoms with Crippen LogP contribution in [0.25, 0.3) is 0 Å². The molecule has 0 saturated heterocycles. The van der Waals surface area contributed by atoms with Gasteiger partial charge in [-0.15, -0.1) is 12.4 Å². The van der Waals surface area contributed by atoms with E-state index in [4.69, 9.17) is 13.6 Å². The minimum atomic E-state index is 0. The third-order valence-electron chi connectivity index (χ3n) is 1.22. The van der Waals surface area contributed by atoms with Crippen LogP contribution < -0.4 is 11.2 Å². The van der Waals surface area contributed by atoms with Gasteiger partial charge >= 0.3 is 55.4 Å². The Hall–Kier alpha value is -0.545. The zero-order valence-corrected chi connectivity index (χ0v) is 7.29. The molecule has 1 aromatic carbocycles. The van der Waals surface area contributed by atoms with Gasteiger partial charge in [0.2, 0.25) is 0 Å². The summed E-state index contributed by atoms with van der Waals surface area (Å²) in [5.41, 5.74) is 7.26. The first kappa shape index (κ1) is 17.5. The maximum Gasteiger partial charge on any atom is -0.870 e. The molecule has 0 bridgehead atoms. The Labute approximate surface area is 79.4 Å². The SMILES string of the molecule is Cl.[B+2]c1ccc(CN)cc1.[OH-].[OH-]. The maximum absolute atomic E-state index is 5.44. The van der Waals surface area contributed by atoms with E-state index in [-0.39, 0.29) is 23.4 Å². The molecule has 1 rings (SSSR count). The molecule has 0 aromatic heterocycles. The number of rotatable bonds is 1. The molecule has 1 aromatic rings. The predicted octanol–water partition coefficient (Wildman–Crippen LogP) is 0.00730. The molecule has 0 fully saturated rings. The van der Waals surface area contributed by atoms with E-state index in [1.807, 2.05) is 24.3 Å². The van der Waals surface area contributed by atoms with Crippen molar-refractivity contribution in [3.8, 4) is 0 Å². The fraction of sp³-hybridized carbons (Fsp3) is 0.143. The van der Waals surface area contributed by atoms with Gasteiger partial charge in [-0.2, -0.15) is 0 Å². The smallest absolute Gasteiger partial charge is 0.870 e. The normalized spacial score (nSPS) is 7.25. The molecule has 0 heterocycles. The van der Waals surface area contributed by atoms with Crippen LogP contribution in [0.3, 0.4) is 0 Å². The topological polar surface area (TPSA) is 86.0 Å². The summed E-state index contributed by atoms with van der Waals surface area (Å²) in [7, 11) is 5.44. The summed E-state index contributed by atoms with van der Waals surface area (Å²) >= 11 is 0. The summed E-state index contributed by atoms with van der Waals surface area (Å²) in [5, 5.41) is 0. The van der Waals surface area contributed by atoms with Crippen LogP contribution >= 0.6 is 12.4 Å². The van der Waals surface area contributed by atoms with Gasteiger partial charge in [-0.3, -0.25) is 0 Å². The second-order valence-corrected chi connectivity index (χ2v) is 1.95. The minimum absolute atomic E-state index is 0. The number of benzene rings is 1. The molecule has 0 spiro atoms. The van der Waals surface area contributed by atoms with Crippen molar-refractivity contribution >= 4 is 25.7 Å². The first-order chi connectivity index (χ1) is 4.33. The van der Waals surface area contributed by atoms with Crippen molar-refractivity contribution in [2.75, 3.05) is 0 Å². The van der Waals surface area contributed by atoms with E-state index in [1.165, 1.54) is 0 Å². The molecule has 0 atom stereocenters. The van der Waals surface area contributed by atoms with Gasteiger partial charge in [0.05, 0.1) is 0 Å². The molecule has 0 aliphatic rings. The van der Waals surface area contributed by atoms with E-state index in [0.717, 1.165) is 11.0 Å². The third kappa shape index (κ3) is 5.15. The summed E-state index contributed by atoms with van der Waals surface area (Å²) in [5.74, 6) is 0. The first-order valence-electron chi connectivity index (χ1n) is 2.87. The number of halogens is 1. The number of hydrogen-bond acceptors (Lipinski definition) is 3. The monoisotopic (exact) mass is 187 g/mol. The van der Waals surface area contributed by atoms with Gasteiger partial charge in [0.15, 0.2) is 0 Å². The Morgan fingerprint density at radius 3 is 1.83 bits per heavy atom. The van der Waals surface area contributed by atoms with E-state index < -0.39 is 0 Å². The van der Waals surface area contributed by atoms with Gasteiger partial charge in [-0.1, -0.05) is 0 Å². The van der Waals surface area contributed by atoms with E-state index in [2.05, 4.69) is 0 Å². The fourth-order valence-electron chi connectivity index (χ4n) is 0.654. The van der Waals surface area contributed by atoms with Crippen LogP contribution in [-0.2, 0) is 6.54 Å². The molecule has 0 aliphatic carbocycles. The fourth-order valence-corrected chi connectivity index (χ4v) is 0.654. The Morgan fingerprint density at radius 1 is 1.08 bits per heavy atom.